The van der Waals surface area contributed by atoms with E-state index in [-0.39, 0.29) is 19.6 Å². The van der Waals surface area contributed by atoms with E-state index in [4.69, 9.17) is 18.9 Å². The first-order valence-corrected chi connectivity index (χ1v) is 28.6. The minimum Gasteiger partial charge on any atom is -0.457 e. The van der Waals surface area contributed by atoms with Crippen LogP contribution in [0, 0.1) is 0 Å². The van der Waals surface area contributed by atoms with E-state index in [2.05, 4.69) is 54.5 Å². The lowest BCUT2D eigenvalue weighted by atomic mass is 9.99. The van der Waals surface area contributed by atoms with Gasteiger partial charge in [-0.05, 0) is 70.6 Å². The Labute approximate surface area is 409 Å². The fourth-order valence-electron chi connectivity index (χ4n) is 8.35. The highest BCUT2D eigenvalue weighted by atomic mass is 32.3. The standard InChI is InChI=1S/C54H100O12S/c1-3-5-7-9-11-13-15-17-19-21-23-24-25-26-28-30-32-34-36-38-40-42-44-62-46-48(47-63-54-52(58)53(66-67(59,60)61)51(57)49(45-55)65-54)64-50(56)43-41-39-37-35-33-31-29-27-22-20-18-16-14-12-10-8-6-4-2/h14,16,20-23,48-49,51-55,57-58H,3-13,15,17-19,24-47H2,1-2H3,(H,59,60,61)/b16-14-,22-20-,23-21-. The molecule has 6 atom stereocenters. The third-order valence-corrected chi connectivity index (χ3v) is 13.0. The molecule has 394 valence electrons. The van der Waals surface area contributed by atoms with Crippen LogP contribution in [0.5, 0.6) is 0 Å². The molecule has 6 unspecified atom stereocenters. The van der Waals surface area contributed by atoms with Gasteiger partial charge in [-0.2, -0.15) is 8.42 Å². The molecule has 1 rings (SSSR count). The summed E-state index contributed by atoms with van der Waals surface area (Å²) in [6, 6.07) is 0. The number of carbonyl (C=O) groups is 1. The van der Waals surface area contributed by atoms with E-state index < -0.39 is 59.8 Å². The molecule has 0 amide bonds. The number of allylic oxidation sites excluding steroid dienone is 6. The highest BCUT2D eigenvalue weighted by molar-refractivity contribution is 7.80. The summed E-state index contributed by atoms with van der Waals surface area (Å²) < 4.78 is 59.3. The van der Waals surface area contributed by atoms with E-state index in [0.717, 1.165) is 51.4 Å². The van der Waals surface area contributed by atoms with Crippen LogP contribution in [0.15, 0.2) is 36.5 Å². The lowest BCUT2D eigenvalue weighted by molar-refractivity contribution is -0.301. The average Bonchev–Trinajstić information content (AvgIpc) is 3.30. The van der Waals surface area contributed by atoms with Crippen LogP contribution in [0.1, 0.15) is 239 Å². The first-order valence-electron chi connectivity index (χ1n) is 27.2. The molecule has 1 fully saturated rings. The van der Waals surface area contributed by atoms with Crippen molar-refractivity contribution >= 4 is 16.4 Å². The molecule has 0 aromatic carbocycles. The number of hydrogen-bond acceptors (Lipinski definition) is 11. The van der Waals surface area contributed by atoms with Crippen molar-refractivity contribution in [2.24, 2.45) is 0 Å². The molecular formula is C54H100O12S. The molecule has 1 aliphatic rings. The maximum absolute atomic E-state index is 12.9. The summed E-state index contributed by atoms with van der Waals surface area (Å²) in [7, 11) is -5.07. The topological polar surface area (TPSA) is 178 Å². The average molecular weight is 973 g/mol. The Morgan fingerprint density at radius 1 is 0.567 bits per heavy atom. The van der Waals surface area contributed by atoms with E-state index in [0.29, 0.717) is 13.0 Å². The van der Waals surface area contributed by atoms with Crippen LogP contribution in [0.2, 0.25) is 0 Å². The fraction of sp³-hybridized carbons (Fsp3) is 0.870. The second kappa shape index (κ2) is 45.5. The first-order chi connectivity index (χ1) is 32.6. The van der Waals surface area contributed by atoms with Crippen LogP contribution in [0.3, 0.4) is 0 Å². The lowest BCUT2D eigenvalue weighted by Gasteiger charge is -2.41. The van der Waals surface area contributed by atoms with Gasteiger partial charge in [0.05, 0.1) is 19.8 Å². The molecule has 13 heteroatoms. The monoisotopic (exact) mass is 973 g/mol. The van der Waals surface area contributed by atoms with Gasteiger partial charge in [0.15, 0.2) is 6.29 Å². The Bertz CT molecular complexity index is 1310. The van der Waals surface area contributed by atoms with Gasteiger partial charge in [0.25, 0.3) is 0 Å². The lowest BCUT2D eigenvalue weighted by Crippen LogP contribution is -2.60. The third kappa shape index (κ3) is 38.7. The van der Waals surface area contributed by atoms with Crippen LogP contribution in [0.25, 0.3) is 0 Å². The van der Waals surface area contributed by atoms with Crippen molar-refractivity contribution in [2.75, 3.05) is 26.4 Å². The molecular weight excluding hydrogens is 873 g/mol. The number of ether oxygens (including phenoxy) is 4. The van der Waals surface area contributed by atoms with Gasteiger partial charge in [0.2, 0.25) is 0 Å². The molecule has 0 bridgehead atoms. The van der Waals surface area contributed by atoms with Gasteiger partial charge in [0.1, 0.15) is 30.5 Å². The summed E-state index contributed by atoms with van der Waals surface area (Å²) in [6.07, 6.45) is 46.0. The largest absolute Gasteiger partial charge is 0.457 e. The molecule has 0 spiro atoms. The highest BCUT2D eigenvalue weighted by Gasteiger charge is 2.48. The summed E-state index contributed by atoms with van der Waals surface area (Å²) in [5.41, 5.74) is 0. The molecule has 0 radical (unpaired) electrons. The number of aliphatic hydroxyl groups excluding tert-OH is 3. The predicted octanol–water partition coefficient (Wildman–Crippen LogP) is 12.9. The number of aliphatic hydroxyl groups is 3. The van der Waals surface area contributed by atoms with Gasteiger partial charge >= 0.3 is 16.4 Å². The molecule has 1 aliphatic heterocycles. The second-order valence-electron chi connectivity index (χ2n) is 18.8. The van der Waals surface area contributed by atoms with Crippen molar-refractivity contribution in [3.63, 3.8) is 0 Å². The Balaban J connectivity index is 2.33. The molecule has 1 heterocycles. The van der Waals surface area contributed by atoms with Crippen LogP contribution < -0.4 is 0 Å². The highest BCUT2D eigenvalue weighted by Crippen LogP contribution is 2.26. The van der Waals surface area contributed by atoms with Gasteiger partial charge in [0, 0.05) is 13.0 Å². The predicted molar refractivity (Wildman–Crippen MR) is 271 cm³/mol. The zero-order valence-electron chi connectivity index (χ0n) is 42.5. The van der Waals surface area contributed by atoms with E-state index >= 15 is 0 Å². The second-order valence-corrected chi connectivity index (χ2v) is 19.9. The van der Waals surface area contributed by atoms with Crippen LogP contribution >= 0.6 is 0 Å². The molecule has 4 N–H and O–H groups in total. The Morgan fingerprint density at radius 3 is 1.45 bits per heavy atom. The molecule has 67 heavy (non-hydrogen) atoms. The van der Waals surface area contributed by atoms with Crippen LogP contribution in [-0.2, 0) is 38.3 Å². The number of esters is 1. The van der Waals surface area contributed by atoms with E-state index in [1.165, 1.54) is 161 Å². The molecule has 0 saturated carbocycles. The summed E-state index contributed by atoms with van der Waals surface area (Å²) >= 11 is 0. The van der Waals surface area contributed by atoms with Gasteiger partial charge in [-0.3, -0.25) is 9.35 Å². The molecule has 0 aromatic rings. The SMILES string of the molecule is CCCCCC/C=C\C/C=C\CCCCCCCCCC(=O)OC(COCCCCCCCCCCCC/C=C\CCCCCCCCCC)COC1OC(CO)C(O)C(OS(=O)(=O)O)C1O. The quantitative estimate of drug-likeness (QED) is 0.0197. The Kier molecular flexibility index (Phi) is 43.0. The number of rotatable bonds is 48. The molecule has 1 saturated heterocycles. The van der Waals surface area contributed by atoms with E-state index in [1.54, 1.807) is 0 Å². The van der Waals surface area contributed by atoms with Gasteiger partial charge in [-0.25, -0.2) is 4.18 Å². The minimum atomic E-state index is -5.07. The van der Waals surface area contributed by atoms with Crippen LogP contribution in [-0.4, -0.2) is 97.5 Å². The van der Waals surface area contributed by atoms with E-state index in [1.807, 2.05) is 0 Å². The first kappa shape index (κ1) is 63.3. The summed E-state index contributed by atoms with van der Waals surface area (Å²) in [5, 5.41) is 30.8. The fourth-order valence-corrected chi connectivity index (χ4v) is 8.85. The maximum Gasteiger partial charge on any atom is 0.397 e. The van der Waals surface area contributed by atoms with Gasteiger partial charge in [-0.1, -0.05) is 198 Å². The van der Waals surface area contributed by atoms with E-state index in [9.17, 15) is 33.1 Å². The Hall–Kier alpha value is -1.68. The zero-order chi connectivity index (χ0) is 48.9. The number of carbonyl (C=O) groups excluding carboxylic acids is 1. The van der Waals surface area contributed by atoms with Crippen LogP contribution in [0.4, 0.5) is 0 Å². The molecule has 0 aliphatic carbocycles. The minimum absolute atomic E-state index is 0.0333. The summed E-state index contributed by atoms with van der Waals surface area (Å²) in [5.74, 6) is -0.405. The maximum atomic E-state index is 12.9. The normalized spacial score (nSPS) is 19.6. The zero-order valence-corrected chi connectivity index (χ0v) is 43.3. The molecule has 0 aromatic heterocycles. The summed E-state index contributed by atoms with van der Waals surface area (Å²) in [4.78, 5) is 12.9. The van der Waals surface area contributed by atoms with Crippen molar-refractivity contribution in [1.29, 1.82) is 0 Å². The van der Waals surface area contributed by atoms with Gasteiger partial charge in [-0.15, -0.1) is 0 Å². The van der Waals surface area contributed by atoms with Crippen molar-refractivity contribution in [3.8, 4) is 0 Å². The number of hydrogen-bond donors (Lipinski definition) is 4. The van der Waals surface area contributed by atoms with Crippen molar-refractivity contribution in [2.45, 2.75) is 275 Å². The Morgan fingerprint density at radius 2 is 0.985 bits per heavy atom. The van der Waals surface area contributed by atoms with Crippen molar-refractivity contribution < 1.29 is 56.2 Å². The van der Waals surface area contributed by atoms with Gasteiger partial charge < -0.3 is 34.3 Å². The number of unbranched alkanes of at least 4 members (excludes halogenated alkanes) is 29. The van der Waals surface area contributed by atoms with Crippen molar-refractivity contribution in [3.05, 3.63) is 36.5 Å². The molecule has 12 nitrogen and oxygen atoms in total. The summed E-state index contributed by atoms with van der Waals surface area (Å²) in [6.45, 7) is 4.00. The smallest absolute Gasteiger partial charge is 0.397 e. The third-order valence-electron chi connectivity index (χ3n) is 12.5. The van der Waals surface area contributed by atoms with Crippen molar-refractivity contribution in [1.82, 2.24) is 0 Å².